The third-order valence-electron chi connectivity index (χ3n) is 4.79. The van der Waals surface area contributed by atoms with Crippen molar-refractivity contribution in [1.29, 1.82) is 0 Å². The van der Waals surface area contributed by atoms with Crippen molar-refractivity contribution in [2.45, 2.75) is 39.2 Å². The van der Waals surface area contributed by atoms with Crippen LogP contribution in [0.4, 0.5) is 0 Å². The number of hydrogen-bond donors (Lipinski definition) is 1. The molecule has 0 bridgehead atoms. The van der Waals surface area contributed by atoms with Gasteiger partial charge in [-0.3, -0.25) is 0 Å². The minimum atomic E-state index is -0.863. The molecule has 0 unspecified atom stereocenters. The van der Waals surface area contributed by atoms with Crippen molar-refractivity contribution in [2.24, 2.45) is 0 Å². The summed E-state index contributed by atoms with van der Waals surface area (Å²) >= 11 is 0. The number of hydrogen-bond acceptors (Lipinski definition) is 1. The van der Waals surface area contributed by atoms with Crippen LogP contribution in [0.25, 0.3) is 11.1 Å². The van der Waals surface area contributed by atoms with Gasteiger partial charge in [-0.2, -0.15) is 0 Å². The number of aromatic carboxylic acids is 1. The van der Waals surface area contributed by atoms with E-state index >= 15 is 0 Å². The zero-order chi connectivity index (χ0) is 18.4. The van der Waals surface area contributed by atoms with Gasteiger partial charge in [0.1, 0.15) is 5.69 Å². The Hall–Kier alpha value is -2.81. The van der Waals surface area contributed by atoms with Gasteiger partial charge in [-0.15, -0.1) is 0 Å². The first-order valence-corrected chi connectivity index (χ1v) is 9.24. The molecule has 3 heteroatoms. The summed E-state index contributed by atoms with van der Waals surface area (Å²) in [5.41, 5.74) is 5.57. The van der Waals surface area contributed by atoms with Crippen LogP contribution < -0.4 is 0 Å². The molecule has 3 aromatic rings. The standard InChI is InChI=1S/C23H25NO2/c1-2-18-8-5-9-21(17-18)20-13-11-19(12-14-20)7-3-4-15-24-16-6-10-22(24)23(25)26/h5-6,8-14,16-17H,2-4,7,15H2,1H3,(H,25,26). The molecular weight excluding hydrogens is 322 g/mol. The Morgan fingerprint density at radius 2 is 1.73 bits per heavy atom. The van der Waals surface area contributed by atoms with Crippen LogP contribution in [0.5, 0.6) is 0 Å². The van der Waals surface area contributed by atoms with Gasteiger partial charge in [-0.1, -0.05) is 55.5 Å². The maximum atomic E-state index is 11.1. The normalized spacial score (nSPS) is 10.8. The smallest absolute Gasteiger partial charge is 0.352 e. The molecular formula is C23H25NO2. The molecule has 0 atom stereocenters. The van der Waals surface area contributed by atoms with Crippen molar-refractivity contribution < 1.29 is 9.90 Å². The minimum absolute atomic E-state index is 0.365. The molecule has 0 fully saturated rings. The Balaban J connectivity index is 1.53. The molecule has 0 spiro atoms. The van der Waals surface area contributed by atoms with E-state index in [1.807, 2.05) is 10.8 Å². The molecule has 0 saturated carbocycles. The number of nitrogens with zero attached hydrogens (tertiary/aromatic N) is 1. The third kappa shape index (κ3) is 4.42. The van der Waals surface area contributed by atoms with E-state index in [-0.39, 0.29) is 0 Å². The van der Waals surface area contributed by atoms with Crippen molar-refractivity contribution in [1.82, 2.24) is 4.57 Å². The van der Waals surface area contributed by atoms with Crippen molar-refractivity contribution in [3.05, 3.63) is 83.7 Å². The molecule has 3 nitrogen and oxygen atoms in total. The summed E-state index contributed by atoms with van der Waals surface area (Å²) in [5, 5.41) is 9.12. The number of unbranched alkanes of at least 4 members (excludes halogenated alkanes) is 1. The number of benzene rings is 2. The van der Waals surface area contributed by atoms with E-state index in [1.165, 1.54) is 22.3 Å². The van der Waals surface area contributed by atoms with E-state index in [4.69, 9.17) is 5.11 Å². The van der Waals surface area contributed by atoms with E-state index in [0.29, 0.717) is 5.69 Å². The highest BCUT2D eigenvalue weighted by Crippen LogP contribution is 2.22. The Labute approximate surface area is 154 Å². The first kappa shape index (κ1) is 18.0. The first-order chi connectivity index (χ1) is 12.7. The largest absolute Gasteiger partial charge is 0.477 e. The third-order valence-corrected chi connectivity index (χ3v) is 4.79. The molecule has 1 aromatic heterocycles. The number of rotatable bonds is 8. The van der Waals surface area contributed by atoms with E-state index < -0.39 is 5.97 Å². The molecule has 0 aliphatic heterocycles. The lowest BCUT2D eigenvalue weighted by Gasteiger charge is -2.08. The zero-order valence-corrected chi connectivity index (χ0v) is 15.2. The Morgan fingerprint density at radius 1 is 0.923 bits per heavy atom. The monoisotopic (exact) mass is 347 g/mol. The number of aryl methyl sites for hydroxylation is 3. The van der Waals surface area contributed by atoms with Crippen LogP contribution in [0.2, 0.25) is 0 Å². The van der Waals surface area contributed by atoms with Gasteiger partial charge in [-0.25, -0.2) is 4.79 Å². The van der Waals surface area contributed by atoms with Gasteiger partial charge in [-0.05, 0) is 60.1 Å². The number of carboxylic acid groups (broad SMARTS) is 1. The maximum Gasteiger partial charge on any atom is 0.352 e. The Kier molecular flexibility index (Phi) is 5.90. The molecule has 1 N–H and O–H groups in total. The molecule has 0 aliphatic carbocycles. The van der Waals surface area contributed by atoms with Gasteiger partial charge in [0.2, 0.25) is 0 Å². The molecule has 2 aromatic carbocycles. The Bertz CT molecular complexity index is 862. The minimum Gasteiger partial charge on any atom is -0.477 e. The molecule has 0 aliphatic rings. The van der Waals surface area contributed by atoms with Crippen molar-refractivity contribution >= 4 is 5.97 Å². The molecule has 1 heterocycles. The van der Waals surface area contributed by atoms with E-state index in [9.17, 15) is 4.79 Å². The second kappa shape index (κ2) is 8.52. The van der Waals surface area contributed by atoms with Crippen molar-refractivity contribution in [3.63, 3.8) is 0 Å². The van der Waals surface area contributed by atoms with Gasteiger partial charge in [0.05, 0.1) is 0 Å². The summed E-state index contributed by atoms with van der Waals surface area (Å²) in [7, 11) is 0. The Morgan fingerprint density at radius 3 is 2.46 bits per heavy atom. The average Bonchev–Trinajstić information content (AvgIpc) is 3.15. The quantitative estimate of drug-likeness (QED) is 0.551. The fourth-order valence-electron chi connectivity index (χ4n) is 3.25. The van der Waals surface area contributed by atoms with Crippen LogP contribution in [-0.2, 0) is 19.4 Å². The zero-order valence-electron chi connectivity index (χ0n) is 15.2. The fourth-order valence-corrected chi connectivity index (χ4v) is 3.25. The fraction of sp³-hybridized carbons (Fsp3) is 0.261. The van der Waals surface area contributed by atoms with E-state index in [1.54, 1.807) is 12.1 Å². The number of carbonyl (C=O) groups is 1. The highest BCUT2D eigenvalue weighted by molar-refractivity contribution is 5.85. The molecule has 0 amide bonds. The summed E-state index contributed by atoms with van der Waals surface area (Å²) < 4.78 is 1.81. The number of carboxylic acids is 1. The SMILES string of the molecule is CCc1cccc(-c2ccc(CCCCn3cccc3C(=O)O)cc2)c1. The van der Waals surface area contributed by atoms with E-state index in [2.05, 4.69) is 55.5 Å². The maximum absolute atomic E-state index is 11.1. The van der Waals surface area contributed by atoms with Crippen LogP contribution in [0.15, 0.2) is 66.9 Å². The summed E-state index contributed by atoms with van der Waals surface area (Å²) in [6.45, 7) is 2.92. The summed E-state index contributed by atoms with van der Waals surface area (Å²) in [4.78, 5) is 11.1. The van der Waals surface area contributed by atoms with Crippen molar-refractivity contribution in [3.8, 4) is 11.1 Å². The lowest BCUT2D eigenvalue weighted by Crippen LogP contribution is -2.07. The van der Waals surface area contributed by atoms with E-state index in [0.717, 1.165) is 32.2 Å². The summed E-state index contributed by atoms with van der Waals surface area (Å²) in [6.07, 6.45) is 5.91. The molecule has 26 heavy (non-hydrogen) atoms. The second-order valence-corrected chi connectivity index (χ2v) is 6.60. The average molecular weight is 347 g/mol. The highest BCUT2D eigenvalue weighted by atomic mass is 16.4. The van der Waals surface area contributed by atoms with Crippen LogP contribution in [-0.4, -0.2) is 15.6 Å². The lowest BCUT2D eigenvalue weighted by molar-refractivity contribution is 0.0685. The predicted molar refractivity (Wildman–Crippen MR) is 106 cm³/mol. The van der Waals surface area contributed by atoms with Gasteiger partial charge >= 0.3 is 5.97 Å². The van der Waals surface area contributed by atoms with Crippen LogP contribution in [0, 0.1) is 0 Å². The van der Waals surface area contributed by atoms with Gasteiger partial charge in [0, 0.05) is 12.7 Å². The van der Waals surface area contributed by atoms with Gasteiger partial charge in [0.15, 0.2) is 0 Å². The van der Waals surface area contributed by atoms with Crippen LogP contribution in [0.1, 0.15) is 41.4 Å². The number of aromatic nitrogens is 1. The van der Waals surface area contributed by atoms with Crippen molar-refractivity contribution in [2.75, 3.05) is 0 Å². The van der Waals surface area contributed by atoms with Crippen LogP contribution in [0.3, 0.4) is 0 Å². The molecule has 134 valence electrons. The molecule has 0 saturated heterocycles. The topological polar surface area (TPSA) is 42.2 Å². The van der Waals surface area contributed by atoms with Gasteiger partial charge < -0.3 is 9.67 Å². The summed E-state index contributed by atoms with van der Waals surface area (Å²) in [5.74, 6) is -0.863. The second-order valence-electron chi connectivity index (χ2n) is 6.60. The molecule has 3 rings (SSSR count). The predicted octanol–water partition coefficient (Wildman–Crippen LogP) is 5.44. The summed E-state index contributed by atoms with van der Waals surface area (Å²) in [6, 6.07) is 20.9. The van der Waals surface area contributed by atoms with Gasteiger partial charge in [0.25, 0.3) is 0 Å². The lowest BCUT2D eigenvalue weighted by atomic mass is 9.99. The van der Waals surface area contributed by atoms with Crippen LogP contribution >= 0.6 is 0 Å². The highest BCUT2D eigenvalue weighted by Gasteiger charge is 2.07. The molecule has 0 radical (unpaired) electrons. The first-order valence-electron chi connectivity index (χ1n) is 9.24.